The smallest absolute Gasteiger partial charge is 0.233 e. The van der Waals surface area contributed by atoms with Crippen LogP contribution in [0.3, 0.4) is 0 Å². The van der Waals surface area contributed by atoms with Crippen molar-refractivity contribution in [3.63, 3.8) is 0 Å². The molecular weight excluding hydrogens is 212 g/mol. The average Bonchev–Trinajstić information content (AvgIpc) is 2.31. The summed E-state index contributed by atoms with van der Waals surface area (Å²) in [6.45, 7) is 8.10. The second-order valence-corrected chi connectivity index (χ2v) is 4.38. The van der Waals surface area contributed by atoms with Crippen LogP contribution in [0.4, 0.5) is 0 Å². The quantitative estimate of drug-likeness (QED) is 0.789. The van der Waals surface area contributed by atoms with Crippen LogP contribution in [0, 0.1) is 13.8 Å². The molecule has 17 heavy (non-hydrogen) atoms. The molecule has 0 aliphatic carbocycles. The number of hydrogen-bond acceptors (Lipinski definition) is 2. The van der Waals surface area contributed by atoms with Gasteiger partial charge in [0.1, 0.15) is 0 Å². The lowest BCUT2D eigenvalue weighted by atomic mass is 10.1. The highest BCUT2D eigenvalue weighted by atomic mass is 16.1. The Morgan fingerprint density at radius 3 is 2.76 bits per heavy atom. The Kier molecular flexibility index (Phi) is 5.70. The third-order valence-corrected chi connectivity index (χ3v) is 2.68. The van der Waals surface area contributed by atoms with Gasteiger partial charge in [0, 0.05) is 13.1 Å². The molecule has 1 aromatic rings. The summed E-state index contributed by atoms with van der Waals surface area (Å²) in [7, 11) is 0. The van der Waals surface area contributed by atoms with Crippen LogP contribution in [0.1, 0.15) is 30.0 Å². The number of hydrogen-bond donors (Lipinski definition) is 2. The second kappa shape index (κ2) is 7.07. The fourth-order valence-corrected chi connectivity index (χ4v) is 1.63. The van der Waals surface area contributed by atoms with Crippen LogP contribution in [-0.4, -0.2) is 19.0 Å². The Bertz CT molecular complexity index is 374. The van der Waals surface area contributed by atoms with Crippen LogP contribution in [-0.2, 0) is 11.3 Å². The number of nitrogens with one attached hydrogen (secondary N) is 2. The molecule has 0 aliphatic heterocycles. The van der Waals surface area contributed by atoms with E-state index in [9.17, 15) is 4.79 Å². The third kappa shape index (κ3) is 5.00. The third-order valence-electron chi connectivity index (χ3n) is 2.68. The van der Waals surface area contributed by atoms with Gasteiger partial charge in [-0.1, -0.05) is 30.7 Å². The predicted octanol–water partition coefficient (Wildman–Crippen LogP) is 1.92. The summed E-state index contributed by atoms with van der Waals surface area (Å²) in [5.74, 6) is 0.0668. The van der Waals surface area contributed by atoms with Crippen LogP contribution in [0.2, 0.25) is 0 Å². The normalized spacial score (nSPS) is 10.3. The van der Waals surface area contributed by atoms with Gasteiger partial charge in [-0.2, -0.15) is 0 Å². The fourth-order valence-electron chi connectivity index (χ4n) is 1.63. The minimum Gasteiger partial charge on any atom is -0.355 e. The number of rotatable bonds is 6. The molecule has 2 N–H and O–H groups in total. The molecular formula is C14H22N2O. The maximum absolute atomic E-state index is 11.4. The molecule has 0 fully saturated rings. The lowest BCUT2D eigenvalue weighted by molar-refractivity contribution is -0.120. The summed E-state index contributed by atoms with van der Waals surface area (Å²) in [5.41, 5.74) is 3.77. The van der Waals surface area contributed by atoms with Crippen molar-refractivity contribution in [3.8, 4) is 0 Å². The van der Waals surface area contributed by atoms with Crippen LogP contribution >= 0.6 is 0 Å². The molecule has 1 rings (SSSR count). The van der Waals surface area contributed by atoms with E-state index >= 15 is 0 Å². The zero-order chi connectivity index (χ0) is 12.7. The van der Waals surface area contributed by atoms with Gasteiger partial charge in [-0.15, -0.1) is 0 Å². The maximum Gasteiger partial charge on any atom is 0.233 e. The van der Waals surface area contributed by atoms with Crippen LogP contribution < -0.4 is 10.6 Å². The second-order valence-electron chi connectivity index (χ2n) is 4.38. The van der Waals surface area contributed by atoms with E-state index in [1.54, 1.807) is 0 Å². The van der Waals surface area contributed by atoms with Crippen molar-refractivity contribution >= 4 is 5.91 Å². The minimum absolute atomic E-state index is 0.0668. The van der Waals surface area contributed by atoms with Crippen molar-refractivity contribution in [3.05, 3.63) is 34.9 Å². The fraction of sp³-hybridized carbons (Fsp3) is 0.500. The monoisotopic (exact) mass is 234 g/mol. The lowest BCUT2D eigenvalue weighted by Gasteiger charge is -2.09. The zero-order valence-electron chi connectivity index (χ0n) is 11.0. The number of carbonyl (C=O) groups is 1. The molecule has 0 radical (unpaired) electrons. The number of carbonyl (C=O) groups excluding carboxylic acids is 1. The van der Waals surface area contributed by atoms with E-state index in [0.29, 0.717) is 6.54 Å². The van der Waals surface area contributed by atoms with Crippen molar-refractivity contribution in [2.75, 3.05) is 13.1 Å². The first kappa shape index (κ1) is 13.7. The summed E-state index contributed by atoms with van der Waals surface area (Å²) in [4.78, 5) is 11.4. The van der Waals surface area contributed by atoms with Crippen LogP contribution in [0.25, 0.3) is 0 Å². The molecule has 1 aromatic carbocycles. The Morgan fingerprint density at radius 2 is 2.06 bits per heavy atom. The Morgan fingerprint density at radius 1 is 1.29 bits per heavy atom. The molecule has 3 heteroatoms. The molecule has 0 unspecified atom stereocenters. The van der Waals surface area contributed by atoms with Crippen molar-refractivity contribution < 1.29 is 4.79 Å². The average molecular weight is 234 g/mol. The van der Waals surface area contributed by atoms with Gasteiger partial charge in [0.05, 0.1) is 6.54 Å². The number of benzene rings is 1. The summed E-state index contributed by atoms with van der Waals surface area (Å²) in [5, 5.41) is 6.01. The highest BCUT2D eigenvalue weighted by Gasteiger charge is 2.01. The van der Waals surface area contributed by atoms with Crippen molar-refractivity contribution in [1.82, 2.24) is 10.6 Å². The largest absolute Gasteiger partial charge is 0.355 e. The first-order valence-corrected chi connectivity index (χ1v) is 6.17. The molecule has 0 bridgehead atoms. The van der Waals surface area contributed by atoms with Crippen LogP contribution in [0.15, 0.2) is 18.2 Å². The van der Waals surface area contributed by atoms with E-state index in [0.717, 1.165) is 19.5 Å². The Hall–Kier alpha value is -1.35. The zero-order valence-corrected chi connectivity index (χ0v) is 11.0. The molecule has 3 nitrogen and oxygen atoms in total. The standard InChI is InChI=1S/C14H22N2O/c1-4-7-16-14(17)10-15-9-13-8-11(2)5-6-12(13)3/h5-6,8,15H,4,7,9-10H2,1-3H3,(H,16,17). The molecule has 0 aliphatic rings. The maximum atomic E-state index is 11.4. The van der Waals surface area contributed by atoms with Gasteiger partial charge >= 0.3 is 0 Å². The van der Waals surface area contributed by atoms with E-state index < -0.39 is 0 Å². The van der Waals surface area contributed by atoms with E-state index in [1.165, 1.54) is 16.7 Å². The molecule has 0 heterocycles. The molecule has 0 spiro atoms. The molecule has 94 valence electrons. The van der Waals surface area contributed by atoms with Crippen LogP contribution in [0.5, 0.6) is 0 Å². The summed E-state index contributed by atoms with van der Waals surface area (Å²) >= 11 is 0. The first-order chi connectivity index (χ1) is 8.13. The van der Waals surface area contributed by atoms with Crippen molar-refractivity contribution in [2.24, 2.45) is 0 Å². The molecule has 0 aromatic heterocycles. The molecule has 0 atom stereocenters. The lowest BCUT2D eigenvalue weighted by Crippen LogP contribution is -2.34. The summed E-state index contributed by atoms with van der Waals surface area (Å²) in [6, 6.07) is 6.38. The van der Waals surface area contributed by atoms with E-state index in [-0.39, 0.29) is 5.91 Å². The SMILES string of the molecule is CCCNC(=O)CNCc1cc(C)ccc1C. The van der Waals surface area contributed by atoms with E-state index in [4.69, 9.17) is 0 Å². The summed E-state index contributed by atoms with van der Waals surface area (Å²) < 4.78 is 0. The van der Waals surface area contributed by atoms with Gasteiger partial charge in [-0.25, -0.2) is 0 Å². The van der Waals surface area contributed by atoms with E-state index in [2.05, 4.69) is 42.7 Å². The molecule has 0 saturated carbocycles. The van der Waals surface area contributed by atoms with Gasteiger partial charge in [0.2, 0.25) is 5.91 Å². The van der Waals surface area contributed by atoms with Crippen molar-refractivity contribution in [1.29, 1.82) is 0 Å². The van der Waals surface area contributed by atoms with E-state index in [1.807, 2.05) is 6.92 Å². The first-order valence-electron chi connectivity index (χ1n) is 6.17. The van der Waals surface area contributed by atoms with Crippen molar-refractivity contribution in [2.45, 2.75) is 33.7 Å². The topological polar surface area (TPSA) is 41.1 Å². The highest BCUT2D eigenvalue weighted by Crippen LogP contribution is 2.09. The highest BCUT2D eigenvalue weighted by molar-refractivity contribution is 5.77. The predicted molar refractivity (Wildman–Crippen MR) is 70.9 cm³/mol. The molecule has 1 amide bonds. The molecule has 0 saturated heterocycles. The Balaban J connectivity index is 2.35. The van der Waals surface area contributed by atoms with Gasteiger partial charge in [-0.05, 0) is 31.4 Å². The number of aryl methyl sites for hydroxylation is 2. The minimum atomic E-state index is 0.0668. The van der Waals surface area contributed by atoms with Gasteiger partial charge in [0.15, 0.2) is 0 Å². The van der Waals surface area contributed by atoms with Gasteiger partial charge < -0.3 is 10.6 Å². The number of amides is 1. The van der Waals surface area contributed by atoms with Gasteiger partial charge in [-0.3, -0.25) is 4.79 Å². The Labute approximate surface area is 104 Å². The summed E-state index contributed by atoms with van der Waals surface area (Å²) in [6.07, 6.45) is 0.975. The van der Waals surface area contributed by atoms with Gasteiger partial charge in [0.25, 0.3) is 0 Å².